The van der Waals surface area contributed by atoms with Crippen LogP contribution in [-0.4, -0.2) is 15.1 Å². The van der Waals surface area contributed by atoms with Crippen LogP contribution in [0.3, 0.4) is 0 Å². The van der Waals surface area contributed by atoms with Gasteiger partial charge in [0.1, 0.15) is 5.82 Å². The van der Waals surface area contributed by atoms with Crippen LogP contribution in [0, 0.1) is 0 Å². The van der Waals surface area contributed by atoms with Crippen molar-refractivity contribution in [1.29, 1.82) is 0 Å². The summed E-state index contributed by atoms with van der Waals surface area (Å²) >= 11 is 3.53. The average molecular weight is 305 g/mol. The van der Waals surface area contributed by atoms with Gasteiger partial charge in [-0.2, -0.15) is 4.98 Å². The van der Waals surface area contributed by atoms with Crippen LogP contribution in [0.5, 0.6) is 0 Å². The van der Waals surface area contributed by atoms with Crippen molar-refractivity contribution in [3.05, 3.63) is 47.2 Å². The van der Waals surface area contributed by atoms with Gasteiger partial charge in [-0.25, -0.2) is 4.98 Å². The monoisotopic (exact) mass is 304 g/mol. The van der Waals surface area contributed by atoms with Crippen molar-refractivity contribution in [2.45, 2.75) is 6.54 Å². The minimum atomic E-state index is 0.481. The lowest BCUT2D eigenvalue weighted by Gasteiger charge is -2.07. The number of anilines is 1. The van der Waals surface area contributed by atoms with Crippen molar-refractivity contribution in [1.82, 2.24) is 15.1 Å². The highest BCUT2D eigenvalue weighted by Gasteiger charge is 2.05. The van der Waals surface area contributed by atoms with Crippen LogP contribution in [0.1, 0.15) is 5.82 Å². The van der Waals surface area contributed by atoms with Crippen LogP contribution in [-0.2, 0) is 6.54 Å². The fraction of sp³-hybridized carbons (Fsp3) is 0.0833. The molecule has 0 bridgehead atoms. The number of hydrogen-bond acceptors (Lipinski definition) is 5. The number of nitrogens with zero attached hydrogens (tertiary/aromatic N) is 3. The second kappa shape index (κ2) is 4.73. The van der Waals surface area contributed by atoms with E-state index in [4.69, 9.17) is 0 Å². The zero-order valence-electron chi connectivity index (χ0n) is 9.30. The molecule has 18 heavy (non-hydrogen) atoms. The van der Waals surface area contributed by atoms with E-state index < -0.39 is 0 Å². The molecule has 0 saturated carbocycles. The molecule has 5 nitrogen and oxygen atoms in total. The Labute approximate surface area is 111 Å². The number of fused-ring (bicyclic) bond motifs is 1. The van der Waals surface area contributed by atoms with E-state index in [0.29, 0.717) is 12.4 Å². The third-order valence-electron chi connectivity index (χ3n) is 2.57. The quantitative estimate of drug-likeness (QED) is 0.806. The topological polar surface area (TPSA) is 63.8 Å². The molecule has 90 valence electrons. The molecule has 6 heteroatoms. The van der Waals surface area contributed by atoms with Crippen LogP contribution < -0.4 is 5.32 Å². The number of benzene rings is 1. The Bertz CT molecular complexity index is 669. The number of rotatable bonds is 3. The minimum Gasteiger partial charge on any atom is -0.362 e. The molecule has 0 fully saturated rings. The maximum Gasteiger partial charge on any atom is 0.213 e. The Hall–Kier alpha value is -1.95. The molecule has 0 aliphatic heterocycles. The van der Waals surface area contributed by atoms with E-state index in [2.05, 4.69) is 40.9 Å². The van der Waals surface area contributed by atoms with E-state index in [0.717, 1.165) is 21.1 Å². The number of pyridine rings is 1. The molecule has 2 heterocycles. The maximum atomic E-state index is 4.68. The van der Waals surface area contributed by atoms with Gasteiger partial charge in [0, 0.05) is 21.4 Å². The molecule has 1 N–H and O–H groups in total. The van der Waals surface area contributed by atoms with Crippen molar-refractivity contribution in [2.75, 3.05) is 5.32 Å². The van der Waals surface area contributed by atoms with Gasteiger partial charge in [0.2, 0.25) is 6.39 Å². The van der Waals surface area contributed by atoms with Crippen molar-refractivity contribution in [3.63, 3.8) is 0 Å². The van der Waals surface area contributed by atoms with Gasteiger partial charge in [0.25, 0.3) is 0 Å². The van der Waals surface area contributed by atoms with Gasteiger partial charge >= 0.3 is 0 Å². The van der Waals surface area contributed by atoms with Gasteiger partial charge in [-0.1, -0.05) is 33.2 Å². The van der Waals surface area contributed by atoms with Gasteiger partial charge in [-0.3, -0.25) is 0 Å². The first kappa shape index (κ1) is 11.2. The van der Waals surface area contributed by atoms with Crippen LogP contribution in [0.2, 0.25) is 0 Å². The summed E-state index contributed by atoms with van der Waals surface area (Å²) in [5.41, 5.74) is 0. The molecule has 0 unspecified atom stereocenters. The molecule has 3 aromatic rings. The molecule has 0 aliphatic carbocycles. The summed E-state index contributed by atoms with van der Waals surface area (Å²) in [4.78, 5) is 8.28. The van der Waals surface area contributed by atoms with Crippen molar-refractivity contribution < 1.29 is 4.52 Å². The van der Waals surface area contributed by atoms with E-state index in [1.54, 1.807) is 6.20 Å². The third kappa shape index (κ3) is 2.06. The summed E-state index contributed by atoms with van der Waals surface area (Å²) in [5.74, 6) is 1.40. The molecule has 0 radical (unpaired) electrons. The Kier molecular flexibility index (Phi) is 2.93. The Morgan fingerprint density at radius 3 is 2.94 bits per heavy atom. The molecule has 0 aliphatic rings. The lowest BCUT2D eigenvalue weighted by molar-refractivity contribution is 0.411. The van der Waals surface area contributed by atoms with E-state index in [1.165, 1.54) is 6.39 Å². The van der Waals surface area contributed by atoms with Crippen molar-refractivity contribution >= 4 is 32.5 Å². The second-order valence-electron chi connectivity index (χ2n) is 3.70. The molecule has 0 atom stereocenters. The first-order valence-corrected chi connectivity index (χ1v) is 6.16. The van der Waals surface area contributed by atoms with Gasteiger partial charge in [0.15, 0.2) is 5.82 Å². The first-order chi connectivity index (χ1) is 8.84. The molecular formula is C12H9BrN4O. The van der Waals surface area contributed by atoms with Crippen molar-refractivity contribution in [2.24, 2.45) is 0 Å². The van der Waals surface area contributed by atoms with Gasteiger partial charge in [-0.15, -0.1) is 0 Å². The lowest BCUT2D eigenvalue weighted by Crippen LogP contribution is -2.03. The number of hydrogen-bond donors (Lipinski definition) is 1. The fourth-order valence-corrected chi connectivity index (χ4v) is 2.24. The first-order valence-electron chi connectivity index (χ1n) is 5.37. The van der Waals surface area contributed by atoms with E-state index in [9.17, 15) is 0 Å². The second-order valence-corrected chi connectivity index (χ2v) is 4.55. The van der Waals surface area contributed by atoms with Crippen LogP contribution >= 0.6 is 15.9 Å². The molecule has 0 spiro atoms. The maximum absolute atomic E-state index is 4.68. The summed E-state index contributed by atoms with van der Waals surface area (Å²) < 4.78 is 5.73. The third-order valence-corrected chi connectivity index (χ3v) is 3.27. The largest absolute Gasteiger partial charge is 0.362 e. The number of aromatic nitrogens is 3. The predicted molar refractivity (Wildman–Crippen MR) is 71.1 cm³/mol. The summed E-state index contributed by atoms with van der Waals surface area (Å²) in [6.45, 7) is 0.481. The summed E-state index contributed by atoms with van der Waals surface area (Å²) in [5, 5.41) is 9.11. The summed E-state index contributed by atoms with van der Waals surface area (Å²) in [6.07, 6.45) is 3.08. The summed E-state index contributed by atoms with van der Waals surface area (Å²) in [7, 11) is 0. The Balaban J connectivity index is 1.94. The van der Waals surface area contributed by atoms with E-state index in [1.807, 2.05) is 24.3 Å². The van der Waals surface area contributed by atoms with Gasteiger partial charge in [-0.05, 0) is 12.1 Å². The average Bonchev–Trinajstić information content (AvgIpc) is 2.90. The zero-order chi connectivity index (χ0) is 12.4. The van der Waals surface area contributed by atoms with Crippen molar-refractivity contribution in [3.8, 4) is 0 Å². The Morgan fingerprint density at radius 1 is 1.17 bits per heavy atom. The number of halogens is 1. The highest BCUT2D eigenvalue weighted by molar-refractivity contribution is 9.10. The molecular weight excluding hydrogens is 296 g/mol. The standard InChI is InChI=1S/C12H9BrN4O/c13-10-3-1-2-9-8(10)4-5-14-12(9)15-6-11-16-7-18-17-11/h1-5,7H,6H2,(H,14,15). The fourth-order valence-electron chi connectivity index (χ4n) is 1.74. The highest BCUT2D eigenvalue weighted by Crippen LogP contribution is 2.27. The highest BCUT2D eigenvalue weighted by atomic mass is 79.9. The molecule has 0 saturated heterocycles. The molecule has 3 rings (SSSR count). The van der Waals surface area contributed by atoms with Crippen LogP contribution in [0.15, 0.2) is 45.9 Å². The van der Waals surface area contributed by atoms with Gasteiger partial charge < -0.3 is 9.84 Å². The normalized spacial score (nSPS) is 10.7. The molecule has 2 aromatic heterocycles. The number of nitrogens with one attached hydrogen (secondary N) is 1. The molecule has 1 aromatic carbocycles. The molecule has 0 amide bonds. The zero-order valence-corrected chi connectivity index (χ0v) is 10.9. The van der Waals surface area contributed by atoms with Crippen LogP contribution in [0.25, 0.3) is 10.8 Å². The lowest BCUT2D eigenvalue weighted by atomic mass is 10.1. The smallest absolute Gasteiger partial charge is 0.213 e. The van der Waals surface area contributed by atoms with Crippen LogP contribution in [0.4, 0.5) is 5.82 Å². The predicted octanol–water partition coefficient (Wildman–Crippen LogP) is 2.99. The SMILES string of the molecule is Brc1cccc2c(NCc3ncon3)nccc12. The van der Waals surface area contributed by atoms with E-state index in [-0.39, 0.29) is 0 Å². The van der Waals surface area contributed by atoms with E-state index >= 15 is 0 Å². The van der Waals surface area contributed by atoms with Gasteiger partial charge in [0.05, 0.1) is 6.54 Å². The Morgan fingerprint density at radius 2 is 2.11 bits per heavy atom. The summed E-state index contributed by atoms with van der Waals surface area (Å²) in [6, 6.07) is 7.98. The minimum absolute atomic E-state index is 0.481.